The Morgan fingerprint density at radius 2 is 0.679 bits per heavy atom. The zero-order chi connectivity index (χ0) is 57.1. The van der Waals surface area contributed by atoms with E-state index in [0.717, 1.165) is 68.9 Å². The van der Waals surface area contributed by atoms with Crippen molar-refractivity contribution < 1.29 is 0 Å². The number of aromatic nitrogens is 2. The lowest BCUT2D eigenvalue weighted by molar-refractivity contribution is 0.350. The normalized spacial score (nSPS) is 13.5. The lowest BCUT2D eigenvalue weighted by Gasteiger charge is -2.20. The van der Waals surface area contributed by atoms with Gasteiger partial charge in [-0.1, -0.05) is 255 Å². The minimum Gasteiger partial charge on any atom is -0.274 e. The Kier molecular flexibility index (Phi) is 24.0. The Bertz CT molecular complexity index is 3590. The minimum absolute atomic E-state index is 0.0193. The molecule has 0 amide bonds. The SMILES string of the molecule is CCCCCCCCCCCCC(CCCCCCCCCC)Cn1c(=O)c2c3s/c(=C(\C#N)c4ccccc4)sc3c3c(=O)n(CC(C)CCCCCCCCCC)c(=O)c4c5s/c(=C(\C#N)c6ccccc6)sc5c(c1=O)c2c34. The van der Waals surface area contributed by atoms with Crippen molar-refractivity contribution >= 4 is 108 Å². The highest BCUT2D eigenvalue weighted by Gasteiger charge is 2.31. The second-order valence-corrected chi connectivity index (χ2v) is 27.8. The molecule has 12 heteroatoms. The number of hydrogen-bond acceptors (Lipinski definition) is 10. The van der Waals surface area contributed by atoms with Crippen molar-refractivity contribution in [3.63, 3.8) is 0 Å². The average Bonchev–Trinajstić information content (AvgIpc) is 2.07. The van der Waals surface area contributed by atoms with Crippen LogP contribution in [0.15, 0.2) is 79.8 Å². The fourth-order valence-corrected chi connectivity index (χ4v) is 17.9. The van der Waals surface area contributed by atoms with Crippen LogP contribution in [0.25, 0.3) is 62.3 Å². The first-order chi connectivity index (χ1) is 39.7. The summed E-state index contributed by atoms with van der Waals surface area (Å²) in [5, 5.41) is 23.7. The number of hydrogen-bond donors (Lipinski definition) is 0. The molecule has 0 radical (unpaired) electrons. The molecule has 8 aromatic rings. The second-order valence-electron chi connectivity index (χ2n) is 23.2. The van der Waals surface area contributed by atoms with Gasteiger partial charge in [-0.2, -0.15) is 10.5 Å². The summed E-state index contributed by atoms with van der Waals surface area (Å²) in [6.07, 6.45) is 34.1. The summed E-state index contributed by atoms with van der Waals surface area (Å²) in [6, 6.07) is 24.0. The summed E-state index contributed by atoms with van der Waals surface area (Å²) in [6.45, 7) is 9.35. The van der Waals surface area contributed by atoms with E-state index in [1.807, 2.05) is 60.7 Å². The maximum absolute atomic E-state index is 15.9. The number of unbranched alkanes of at least 4 members (excludes halogenated alkanes) is 23. The zero-order valence-electron chi connectivity index (χ0n) is 48.9. The topological polar surface area (TPSA) is 126 Å². The fraction of sp³-hybridized carbons (Fsp3) is 0.536. The van der Waals surface area contributed by atoms with E-state index in [1.54, 1.807) is 0 Å². The molecule has 8 rings (SSSR count). The molecule has 0 N–H and O–H groups in total. The first-order valence-corrected chi connectivity index (χ1v) is 34.5. The van der Waals surface area contributed by atoms with E-state index in [1.165, 1.54) is 183 Å². The summed E-state index contributed by atoms with van der Waals surface area (Å²) < 4.78 is 6.46. The first kappa shape index (κ1) is 61.8. The van der Waals surface area contributed by atoms with Crippen LogP contribution in [0, 0.1) is 34.5 Å². The Hall–Kier alpha value is -5.24. The standard InChI is InChI=1S/C69H86N4O4S4/c1-5-8-11-14-17-20-21-24-27-32-39-49(38-31-26-23-19-16-13-10-7-3)47-73-66(76)58-55-54-56(60-62(58)80-68(78-60)52(44-70)50-40-33-28-34-41-50)64(74)72(46-48(4)37-30-25-22-18-15-12-9-6-2)65(75)57(54)61-63(59(55)67(73)77)81-69(79-61)53(45-71)51-42-35-29-36-43-51/h28-29,33-36,40-43,48-49H,5-27,30-32,37-39,46-47H2,1-4H3/b68-52-,69-53+. The lowest BCUT2D eigenvalue weighted by atomic mass is 9.93. The van der Waals surface area contributed by atoms with E-state index >= 15 is 19.2 Å². The van der Waals surface area contributed by atoms with E-state index in [0.29, 0.717) is 70.0 Å². The Balaban J connectivity index is 1.33. The molecular weight excluding hydrogens is 1080 g/mol. The highest BCUT2D eigenvalue weighted by Crippen LogP contribution is 2.45. The molecule has 0 saturated carbocycles. The van der Waals surface area contributed by atoms with Crippen molar-refractivity contribution in [3.05, 3.63) is 121 Å². The van der Waals surface area contributed by atoms with E-state index in [2.05, 4.69) is 39.8 Å². The number of nitriles is 2. The van der Waals surface area contributed by atoms with Gasteiger partial charge in [-0.25, -0.2) is 0 Å². The summed E-state index contributed by atoms with van der Waals surface area (Å²) in [4.78, 5) is 63.2. The highest BCUT2D eigenvalue weighted by atomic mass is 32.2. The fourth-order valence-electron chi connectivity index (χ4n) is 12.3. The van der Waals surface area contributed by atoms with Gasteiger partial charge in [0.1, 0.15) is 12.1 Å². The second kappa shape index (κ2) is 31.4. The third kappa shape index (κ3) is 14.9. The van der Waals surface area contributed by atoms with Crippen molar-refractivity contribution in [3.8, 4) is 12.1 Å². The molecule has 430 valence electrons. The van der Waals surface area contributed by atoms with Gasteiger partial charge >= 0.3 is 0 Å². The van der Waals surface area contributed by atoms with Crippen molar-refractivity contribution in [2.75, 3.05) is 0 Å². The molecular formula is C69H86N4O4S4. The molecule has 0 aliphatic heterocycles. The molecule has 2 unspecified atom stereocenters. The largest absolute Gasteiger partial charge is 0.274 e. The third-order valence-corrected chi connectivity index (χ3v) is 22.1. The van der Waals surface area contributed by atoms with Gasteiger partial charge in [0.25, 0.3) is 22.2 Å². The summed E-state index contributed by atoms with van der Waals surface area (Å²) in [5.74, 6) is 0.111. The van der Waals surface area contributed by atoms with Crippen LogP contribution in [0.5, 0.6) is 0 Å². The lowest BCUT2D eigenvalue weighted by Crippen LogP contribution is -2.37. The zero-order valence-corrected chi connectivity index (χ0v) is 52.2. The van der Waals surface area contributed by atoms with E-state index in [4.69, 9.17) is 0 Å². The maximum atomic E-state index is 15.9. The van der Waals surface area contributed by atoms with Gasteiger partial charge in [-0.3, -0.25) is 28.3 Å². The van der Waals surface area contributed by atoms with Crippen LogP contribution < -0.4 is 29.9 Å². The number of rotatable bonds is 35. The van der Waals surface area contributed by atoms with Gasteiger partial charge in [0.15, 0.2) is 0 Å². The van der Waals surface area contributed by atoms with Gasteiger partial charge in [0, 0.05) is 23.9 Å². The van der Waals surface area contributed by atoms with Crippen LogP contribution in [0.2, 0.25) is 0 Å². The monoisotopic (exact) mass is 1160 g/mol. The Morgan fingerprint density at radius 3 is 0.988 bits per heavy atom. The first-order valence-electron chi connectivity index (χ1n) is 31.2. The Morgan fingerprint density at radius 1 is 0.395 bits per heavy atom. The molecule has 0 fully saturated rings. The van der Waals surface area contributed by atoms with E-state index in [9.17, 15) is 10.5 Å². The van der Waals surface area contributed by atoms with Gasteiger partial charge in [-0.15, -0.1) is 45.3 Å². The molecule has 0 saturated heterocycles. The van der Waals surface area contributed by atoms with Crippen LogP contribution in [-0.2, 0) is 13.1 Å². The van der Waals surface area contributed by atoms with E-state index in [-0.39, 0.29) is 24.9 Å². The van der Waals surface area contributed by atoms with Crippen LogP contribution in [0.1, 0.15) is 225 Å². The highest BCUT2D eigenvalue weighted by molar-refractivity contribution is 7.38. The Labute approximate surface area is 495 Å². The van der Waals surface area contributed by atoms with Crippen LogP contribution in [0.3, 0.4) is 0 Å². The van der Waals surface area contributed by atoms with Crippen molar-refractivity contribution in [1.82, 2.24) is 9.13 Å². The number of pyridine rings is 2. The third-order valence-electron chi connectivity index (χ3n) is 16.9. The molecule has 4 aromatic carbocycles. The van der Waals surface area contributed by atoms with Crippen molar-refractivity contribution in [2.24, 2.45) is 11.8 Å². The summed E-state index contributed by atoms with van der Waals surface area (Å²) in [7, 11) is 0. The predicted octanol–water partition coefficient (Wildman–Crippen LogP) is 18.3. The number of fused-ring (bicyclic) bond motifs is 6. The molecule has 8 nitrogen and oxygen atoms in total. The van der Waals surface area contributed by atoms with Crippen LogP contribution in [0.4, 0.5) is 0 Å². The number of nitrogens with zero attached hydrogens (tertiary/aromatic N) is 4. The van der Waals surface area contributed by atoms with E-state index < -0.39 is 22.2 Å². The summed E-state index contributed by atoms with van der Waals surface area (Å²) in [5.41, 5.74) is 0.638. The molecule has 0 bridgehead atoms. The molecule has 2 atom stereocenters. The van der Waals surface area contributed by atoms with Crippen molar-refractivity contribution in [2.45, 2.75) is 227 Å². The van der Waals surface area contributed by atoms with Crippen LogP contribution >= 0.6 is 45.3 Å². The van der Waals surface area contributed by atoms with Gasteiger partial charge in [0.05, 0.1) is 59.2 Å². The molecule has 81 heavy (non-hydrogen) atoms. The predicted molar refractivity (Wildman–Crippen MR) is 350 cm³/mol. The van der Waals surface area contributed by atoms with Gasteiger partial charge in [-0.05, 0) is 42.2 Å². The van der Waals surface area contributed by atoms with Crippen LogP contribution in [-0.4, -0.2) is 9.13 Å². The molecule has 0 spiro atoms. The number of benzene rings is 4. The molecule has 0 aliphatic rings. The minimum atomic E-state index is -0.436. The van der Waals surface area contributed by atoms with Gasteiger partial charge in [0.2, 0.25) is 0 Å². The summed E-state index contributed by atoms with van der Waals surface area (Å²) >= 11 is 5.32. The van der Waals surface area contributed by atoms with Crippen molar-refractivity contribution in [1.29, 1.82) is 10.5 Å². The maximum Gasteiger partial charge on any atom is 0.262 e. The average molecular weight is 1160 g/mol. The quantitative estimate of drug-likeness (QED) is 0.0288. The molecule has 4 heterocycles. The molecule has 4 aromatic heterocycles. The van der Waals surface area contributed by atoms with Gasteiger partial charge < -0.3 is 0 Å². The smallest absolute Gasteiger partial charge is 0.262 e. The molecule has 0 aliphatic carbocycles.